The molecule has 1 aliphatic heterocycles. The number of nitrogens with zero attached hydrogens (tertiary/aromatic N) is 7. The van der Waals surface area contributed by atoms with E-state index in [1.165, 1.54) is 87.7 Å². The maximum atomic E-state index is 15.2. The van der Waals surface area contributed by atoms with Crippen molar-refractivity contribution in [2.45, 2.75) is 229 Å². The predicted octanol–water partition coefficient (Wildman–Crippen LogP) is 3.11. The summed E-state index contributed by atoms with van der Waals surface area (Å²) in [6.07, 6.45) is 2.34. The van der Waals surface area contributed by atoms with Gasteiger partial charge in [0.15, 0.2) is 0 Å². The summed E-state index contributed by atoms with van der Waals surface area (Å²) in [6, 6.07) is -12.7. The number of aliphatic carboxylic acids is 1. The lowest BCUT2D eigenvalue weighted by Gasteiger charge is -2.41. The number of amides is 11. The molecule has 1 rings (SSSR count). The Morgan fingerprint density at radius 1 is 0.483 bits per heavy atom. The number of aliphatic hydroxyl groups excluding tert-OH is 1. The van der Waals surface area contributed by atoms with Crippen LogP contribution >= 0.6 is 0 Å². The van der Waals surface area contributed by atoms with E-state index >= 15 is 9.59 Å². The lowest BCUT2D eigenvalue weighted by molar-refractivity contribution is -0.157. The first-order valence-electron chi connectivity index (χ1n) is 31.7. The Labute approximate surface area is 530 Å². The molecule has 0 aliphatic carbocycles. The molecule has 25 heteroatoms. The molecule has 89 heavy (non-hydrogen) atoms. The summed E-state index contributed by atoms with van der Waals surface area (Å²) in [7, 11) is 9.74. The summed E-state index contributed by atoms with van der Waals surface area (Å²) < 4.78 is 0. The topological polar surface area (TPSA) is 316 Å². The van der Waals surface area contributed by atoms with E-state index < -0.39 is 162 Å². The molecule has 2 unspecified atom stereocenters. The van der Waals surface area contributed by atoms with Crippen LogP contribution in [0, 0.1) is 41.4 Å². The third kappa shape index (κ3) is 23.6. The van der Waals surface area contributed by atoms with Crippen LogP contribution in [-0.4, -0.2) is 238 Å². The summed E-state index contributed by atoms with van der Waals surface area (Å²) in [5.41, 5.74) is 0. The molecule has 0 radical (unpaired) electrons. The van der Waals surface area contributed by atoms with E-state index in [2.05, 4.69) is 21.3 Å². The van der Waals surface area contributed by atoms with Crippen molar-refractivity contribution in [2.24, 2.45) is 41.4 Å². The fourth-order valence-corrected chi connectivity index (χ4v) is 11.0. The molecule has 1 fully saturated rings. The Balaban J connectivity index is 4.35. The van der Waals surface area contributed by atoms with Crippen molar-refractivity contribution >= 4 is 70.9 Å². The molecule has 12 atom stereocenters. The quantitative estimate of drug-likeness (QED) is 0.108. The van der Waals surface area contributed by atoms with Gasteiger partial charge >= 0.3 is 5.97 Å². The van der Waals surface area contributed by atoms with Gasteiger partial charge in [0, 0.05) is 55.8 Å². The van der Waals surface area contributed by atoms with Crippen LogP contribution in [0.2, 0.25) is 0 Å². The minimum Gasteiger partial charge on any atom is -0.481 e. The molecule has 0 spiro atoms. The predicted molar refractivity (Wildman–Crippen MR) is 340 cm³/mol. The average molecular weight is 1260 g/mol. The number of carboxylic acids is 1. The molecule has 11 amide bonds. The van der Waals surface area contributed by atoms with Gasteiger partial charge in [0.05, 0.1) is 12.6 Å². The minimum absolute atomic E-state index is 0.0250. The van der Waals surface area contributed by atoms with Gasteiger partial charge in [-0.2, -0.15) is 0 Å². The molecule has 25 nitrogen and oxygen atoms in total. The summed E-state index contributed by atoms with van der Waals surface area (Å²) in [5.74, 6) is -11.4. The van der Waals surface area contributed by atoms with Crippen LogP contribution in [0.5, 0.6) is 0 Å². The van der Waals surface area contributed by atoms with Gasteiger partial charge in [-0.1, -0.05) is 109 Å². The first kappa shape index (κ1) is 80.4. The van der Waals surface area contributed by atoms with Gasteiger partial charge < -0.3 is 65.8 Å². The van der Waals surface area contributed by atoms with Crippen LogP contribution < -0.4 is 21.3 Å². The van der Waals surface area contributed by atoms with Crippen LogP contribution in [0.3, 0.4) is 0 Å². The Bertz CT molecular complexity index is 2470. The maximum absolute atomic E-state index is 15.2. The second-order valence-corrected chi connectivity index (χ2v) is 26.9. The van der Waals surface area contributed by atoms with E-state index in [1.54, 1.807) is 53.7 Å². The Morgan fingerprint density at radius 2 is 0.910 bits per heavy atom. The zero-order valence-corrected chi connectivity index (χ0v) is 57.8. The summed E-state index contributed by atoms with van der Waals surface area (Å²) in [4.78, 5) is 180. The summed E-state index contributed by atoms with van der Waals surface area (Å²) in [6.45, 7) is 27.1. The summed E-state index contributed by atoms with van der Waals surface area (Å²) >= 11 is 0. The van der Waals surface area contributed by atoms with E-state index in [1.807, 2.05) is 55.4 Å². The van der Waals surface area contributed by atoms with Crippen molar-refractivity contribution < 1.29 is 67.7 Å². The lowest BCUT2D eigenvalue weighted by atomic mass is 9.91. The Morgan fingerprint density at radius 3 is 1.37 bits per heavy atom. The molecule has 508 valence electrons. The molecule has 1 heterocycles. The van der Waals surface area contributed by atoms with Crippen molar-refractivity contribution in [2.75, 3.05) is 55.9 Å². The van der Waals surface area contributed by atoms with Crippen molar-refractivity contribution in [3.05, 3.63) is 12.2 Å². The first-order chi connectivity index (χ1) is 41.1. The van der Waals surface area contributed by atoms with Crippen molar-refractivity contribution in [1.29, 1.82) is 0 Å². The number of aliphatic hydroxyl groups is 1. The van der Waals surface area contributed by atoms with E-state index in [0.29, 0.717) is 0 Å². The second kappa shape index (κ2) is 36.9. The first-order valence-corrected chi connectivity index (χ1v) is 31.7. The van der Waals surface area contributed by atoms with Gasteiger partial charge in [-0.25, -0.2) is 0 Å². The van der Waals surface area contributed by atoms with Gasteiger partial charge in [0.2, 0.25) is 65.0 Å². The number of hydrogen-bond donors (Lipinski definition) is 6. The molecule has 1 aliphatic rings. The van der Waals surface area contributed by atoms with E-state index in [-0.39, 0.29) is 75.0 Å². The highest BCUT2D eigenvalue weighted by Crippen LogP contribution is 2.26. The number of carbonyl (C=O) groups excluding carboxylic acids is 11. The molecule has 0 bridgehead atoms. The highest BCUT2D eigenvalue weighted by atomic mass is 16.4. The van der Waals surface area contributed by atoms with Crippen LogP contribution in [0.4, 0.5) is 0 Å². The Kier molecular flexibility index (Phi) is 33.3. The van der Waals surface area contributed by atoms with Crippen molar-refractivity contribution in [3.63, 3.8) is 0 Å². The third-order valence-electron chi connectivity index (χ3n) is 16.5. The van der Waals surface area contributed by atoms with Gasteiger partial charge in [-0.3, -0.25) is 57.5 Å². The number of hydrogen-bond acceptors (Lipinski definition) is 13. The number of allylic oxidation sites excluding steroid dienone is 2. The fraction of sp³-hybridized carbons (Fsp3) is 0.781. The maximum Gasteiger partial charge on any atom is 0.303 e. The molecular formula is C64H113N11O14. The molecular weight excluding hydrogens is 1150 g/mol. The Hall–Kier alpha value is -6.66. The number of likely N-dealkylation sites (N-methyl/N-ethyl adjacent to an activating group) is 7. The monoisotopic (exact) mass is 1260 g/mol. The normalized spacial score (nSPS) is 26.2. The van der Waals surface area contributed by atoms with Gasteiger partial charge in [0.25, 0.3) is 0 Å². The van der Waals surface area contributed by atoms with Crippen LogP contribution in [0.1, 0.15) is 162 Å². The average Bonchev–Trinajstić information content (AvgIpc) is 0.957. The van der Waals surface area contributed by atoms with E-state index in [0.717, 1.165) is 9.80 Å². The molecule has 0 aromatic rings. The molecule has 0 aromatic heterocycles. The second-order valence-electron chi connectivity index (χ2n) is 26.9. The van der Waals surface area contributed by atoms with Crippen LogP contribution in [0.15, 0.2) is 12.2 Å². The minimum atomic E-state index is -1.71. The number of rotatable bonds is 18. The van der Waals surface area contributed by atoms with Gasteiger partial charge in [0.1, 0.15) is 60.4 Å². The summed E-state index contributed by atoms with van der Waals surface area (Å²) in [5, 5.41) is 32.3. The molecule has 0 saturated carbocycles. The number of carboxylic acid groups (broad SMARTS) is 1. The molecule has 1 saturated heterocycles. The highest BCUT2D eigenvalue weighted by Gasteiger charge is 2.46. The number of carbonyl (C=O) groups is 12. The van der Waals surface area contributed by atoms with E-state index in [9.17, 15) is 58.2 Å². The zero-order valence-electron chi connectivity index (χ0n) is 57.8. The SMILES string of the molecule is CC[C@@H]1NC(=O)C([C@H](O)[C@H](C)C/C=C/CCC(=O)O)N(C)C(=O)[C@H](C(C)C)N(C)C(=O)[C@H](CC(C)C)N(C)C(=O)[C@@H](CC(C)C)N(C)C(=O)[C@@H](C)NC(=O)[C@H](C)NC(=O)[C@H](CC(C)C)N(C)C(=O)[C@H](C(C)C)NC(=O)C(CC(C)C)N(C)C(=O)CN(C)C1=O. The molecule has 0 aromatic carbocycles. The van der Waals surface area contributed by atoms with Gasteiger partial charge in [-0.05, 0) is 100 Å². The van der Waals surface area contributed by atoms with Crippen LogP contribution in [0.25, 0.3) is 0 Å². The fourth-order valence-electron chi connectivity index (χ4n) is 11.0. The molecule has 6 N–H and O–H groups in total. The zero-order chi connectivity index (χ0) is 69.0. The van der Waals surface area contributed by atoms with E-state index in [4.69, 9.17) is 0 Å². The largest absolute Gasteiger partial charge is 0.481 e. The highest BCUT2D eigenvalue weighted by molar-refractivity contribution is 5.99. The van der Waals surface area contributed by atoms with Gasteiger partial charge in [-0.15, -0.1) is 0 Å². The van der Waals surface area contributed by atoms with Crippen molar-refractivity contribution in [1.82, 2.24) is 55.6 Å². The lowest BCUT2D eigenvalue weighted by Crippen LogP contribution is -2.63. The number of nitrogens with one attached hydrogen (secondary N) is 4. The standard InChI is InChI=1S/C64H113N11O14/c1-24-44-60(85)69(17)34-49(76)70(18)45(30-35(2)3)57(82)68-51(39(10)11)63(88)71(19)46(31-36(4)5)56(81)65-42(15)55(80)66-43(16)59(84)72(20)47(32-37(6)7)61(86)73(21)48(33-38(8)9)62(87)74(22)52(40(12)13)64(89)75(23)53(58(83)67-44)54(79)41(14)28-26-25-27-29-50(77)78/h25-26,35-48,51-54,79H,24,27-34H2,1-23H3,(H,65,81)(H,66,80)(H,67,83)(H,68,82)(H,77,78)/b26-25+/t41-,42+,43-,44+,45?,46+,47-,48+,51+,52+,53?,54-/m1/s1. The smallest absolute Gasteiger partial charge is 0.303 e. The third-order valence-corrected chi connectivity index (χ3v) is 16.5. The van der Waals surface area contributed by atoms with Crippen molar-refractivity contribution in [3.8, 4) is 0 Å². The van der Waals surface area contributed by atoms with Crippen LogP contribution in [-0.2, 0) is 57.5 Å².